The van der Waals surface area contributed by atoms with E-state index in [1.165, 1.54) is 0 Å². The van der Waals surface area contributed by atoms with Crippen LogP contribution in [-0.4, -0.2) is 104 Å². The van der Waals surface area contributed by atoms with Gasteiger partial charge in [0.05, 0.1) is 12.2 Å². The number of aliphatic hydroxyl groups excluding tert-OH is 6. The summed E-state index contributed by atoms with van der Waals surface area (Å²) >= 11 is 0. The van der Waals surface area contributed by atoms with Crippen molar-refractivity contribution in [1.29, 1.82) is 0 Å². The van der Waals surface area contributed by atoms with E-state index in [0.717, 1.165) is 11.1 Å². The Kier molecular flexibility index (Phi) is 24.9. The van der Waals surface area contributed by atoms with Crippen LogP contribution in [-0.2, 0) is 36.6 Å². The van der Waals surface area contributed by atoms with Crippen molar-refractivity contribution in [3.63, 3.8) is 0 Å². The first-order valence-electron chi connectivity index (χ1n) is 17.8. The van der Waals surface area contributed by atoms with E-state index in [1.807, 2.05) is 116 Å². The maximum Gasteiger partial charge on any atom is 0.189 e. The van der Waals surface area contributed by atoms with Gasteiger partial charge in [-0.15, -0.1) is 0 Å². The van der Waals surface area contributed by atoms with Gasteiger partial charge in [-0.2, -0.15) is 0 Å². The summed E-state index contributed by atoms with van der Waals surface area (Å²) < 4.78 is 16.9. The monoisotopic (exact) mass is 694 g/mol. The minimum Gasteiger partial charge on any atom is -0.388 e. The molecule has 11 heteroatoms. The summed E-state index contributed by atoms with van der Waals surface area (Å²) in [6.07, 6.45) is -14.8. The molecule has 2 fully saturated rings. The van der Waals surface area contributed by atoms with Crippen molar-refractivity contribution in [2.24, 2.45) is 0 Å². The molecule has 0 aliphatic carbocycles. The fourth-order valence-electron chi connectivity index (χ4n) is 5.10. The van der Waals surface area contributed by atoms with Crippen LogP contribution in [0.5, 0.6) is 0 Å². The zero-order valence-electron chi connectivity index (χ0n) is 30.5. The van der Waals surface area contributed by atoms with Crippen LogP contribution in [0.15, 0.2) is 60.7 Å². The van der Waals surface area contributed by atoms with Gasteiger partial charge in [0, 0.05) is 25.7 Å². The van der Waals surface area contributed by atoms with E-state index in [9.17, 15) is 40.2 Å². The first-order chi connectivity index (χ1) is 23.6. The Labute approximate surface area is 292 Å². The van der Waals surface area contributed by atoms with Gasteiger partial charge in [-0.05, 0) is 24.0 Å². The van der Waals surface area contributed by atoms with Crippen LogP contribution in [0, 0.1) is 0 Å². The van der Waals surface area contributed by atoms with Crippen molar-refractivity contribution in [1.82, 2.24) is 0 Å². The molecule has 10 atom stereocenters. The fraction of sp³-hybridized carbons (Fsp3) is 0.632. The maximum absolute atomic E-state index is 12.5. The lowest BCUT2D eigenvalue weighted by Crippen LogP contribution is -2.63. The molecule has 2 saturated heterocycles. The van der Waals surface area contributed by atoms with Gasteiger partial charge in [0.25, 0.3) is 0 Å². The summed E-state index contributed by atoms with van der Waals surface area (Å²) in [5, 5.41) is 62.7. The molecule has 0 saturated carbocycles. The van der Waals surface area contributed by atoms with Gasteiger partial charge in [-0.3, -0.25) is 9.59 Å². The number of benzene rings is 2. The normalized spacial score (nSPS) is 28.8. The highest BCUT2D eigenvalue weighted by Crippen LogP contribution is 2.30. The highest BCUT2D eigenvalue weighted by Gasteiger charge is 2.49. The van der Waals surface area contributed by atoms with Gasteiger partial charge in [0.15, 0.2) is 12.6 Å². The van der Waals surface area contributed by atoms with Crippen LogP contribution >= 0.6 is 0 Å². The molecular formula is C38H62O11. The van der Waals surface area contributed by atoms with E-state index in [0.29, 0.717) is 0 Å². The number of hydrogen-bond donors (Lipinski definition) is 6. The molecule has 11 nitrogen and oxygen atoms in total. The first kappa shape index (κ1) is 46.4. The number of ketones is 2. The van der Waals surface area contributed by atoms with E-state index in [4.69, 9.17) is 14.2 Å². The number of ether oxygens (including phenoxy) is 3. The third-order valence-electron chi connectivity index (χ3n) is 7.51. The summed E-state index contributed by atoms with van der Waals surface area (Å²) in [7, 11) is 0. The summed E-state index contributed by atoms with van der Waals surface area (Å²) in [4.78, 5) is 24.9. The highest BCUT2D eigenvalue weighted by molar-refractivity contribution is 5.81. The third kappa shape index (κ3) is 15.1. The second kappa shape index (κ2) is 26.3. The van der Waals surface area contributed by atoms with Gasteiger partial charge >= 0.3 is 0 Å². The van der Waals surface area contributed by atoms with E-state index in [1.54, 1.807) is 0 Å². The Morgan fingerprint density at radius 2 is 0.816 bits per heavy atom. The van der Waals surface area contributed by atoms with Gasteiger partial charge in [0.2, 0.25) is 0 Å². The standard InChI is InChI=1S/C30H38O11.4C2H6/c31-19(15-17-7-3-1-4-8-17)11-13-21-23(33)25(35)27(37)29(39-21)41-30-28(38)26(36)24(34)22(40-30)14-12-20(32)16-18-9-5-2-6-10-18;4*1-2/h1-10,21-30,33-38H,11-16H2;4*1-2H3. The van der Waals surface area contributed by atoms with Crippen molar-refractivity contribution < 1.29 is 54.4 Å². The SMILES string of the molecule is CC.CC.CC.CC.O=C(CCC1OC(OC2OC(CCC(=O)Cc3ccccc3)C(O)C(O)C2O)C(O)C(O)C1O)Cc1ccccc1. The smallest absolute Gasteiger partial charge is 0.189 e. The largest absolute Gasteiger partial charge is 0.388 e. The van der Waals surface area contributed by atoms with Gasteiger partial charge in [-0.1, -0.05) is 116 Å². The average molecular weight is 695 g/mol. The van der Waals surface area contributed by atoms with Crippen molar-refractivity contribution in [3.05, 3.63) is 71.8 Å². The minimum absolute atomic E-state index is 0.0258. The van der Waals surface area contributed by atoms with Gasteiger partial charge in [0.1, 0.15) is 48.2 Å². The third-order valence-corrected chi connectivity index (χ3v) is 7.51. The van der Waals surface area contributed by atoms with Crippen LogP contribution in [0.25, 0.3) is 0 Å². The van der Waals surface area contributed by atoms with Crippen LogP contribution in [0.4, 0.5) is 0 Å². The van der Waals surface area contributed by atoms with Crippen molar-refractivity contribution >= 4 is 11.6 Å². The number of carbonyl (C=O) groups excluding carboxylic acids is 2. The zero-order valence-corrected chi connectivity index (χ0v) is 30.5. The molecule has 2 aliphatic rings. The molecule has 10 unspecified atom stereocenters. The Balaban J connectivity index is 0.00000268. The number of aliphatic hydroxyl groups is 6. The molecule has 0 bridgehead atoms. The minimum atomic E-state index is -1.74. The predicted molar refractivity (Wildman–Crippen MR) is 189 cm³/mol. The average Bonchev–Trinajstić information content (AvgIpc) is 3.15. The lowest BCUT2D eigenvalue weighted by atomic mass is 9.93. The molecule has 4 rings (SSSR count). The molecule has 280 valence electrons. The van der Waals surface area contributed by atoms with Crippen LogP contribution in [0.2, 0.25) is 0 Å². The summed E-state index contributed by atoms with van der Waals surface area (Å²) in [6.45, 7) is 16.0. The molecule has 49 heavy (non-hydrogen) atoms. The van der Waals surface area contributed by atoms with E-state index in [2.05, 4.69) is 0 Å². The van der Waals surface area contributed by atoms with Gasteiger partial charge < -0.3 is 44.8 Å². The molecule has 2 aromatic rings. The first-order valence-corrected chi connectivity index (χ1v) is 17.8. The Bertz CT molecular complexity index is 1030. The summed E-state index contributed by atoms with van der Waals surface area (Å²) in [5.41, 5.74) is 1.67. The van der Waals surface area contributed by atoms with E-state index in [-0.39, 0.29) is 50.1 Å². The van der Waals surface area contributed by atoms with Crippen molar-refractivity contribution in [2.75, 3.05) is 0 Å². The second-order valence-electron chi connectivity index (χ2n) is 10.6. The Hall–Kier alpha value is -2.58. The van der Waals surface area contributed by atoms with Crippen LogP contribution in [0.3, 0.4) is 0 Å². The lowest BCUT2D eigenvalue weighted by Gasteiger charge is -2.45. The zero-order chi connectivity index (χ0) is 37.5. The van der Waals surface area contributed by atoms with Crippen LogP contribution < -0.4 is 0 Å². The quantitative estimate of drug-likeness (QED) is 0.190. The second-order valence-corrected chi connectivity index (χ2v) is 10.6. The maximum atomic E-state index is 12.5. The number of hydrogen-bond acceptors (Lipinski definition) is 11. The molecule has 0 spiro atoms. The van der Waals surface area contributed by atoms with Crippen molar-refractivity contribution in [2.45, 2.75) is 155 Å². The number of carbonyl (C=O) groups is 2. The van der Waals surface area contributed by atoms with E-state index >= 15 is 0 Å². The molecule has 0 radical (unpaired) electrons. The highest BCUT2D eigenvalue weighted by atomic mass is 16.8. The van der Waals surface area contributed by atoms with E-state index < -0.39 is 61.4 Å². The molecular weight excluding hydrogens is 632 g/mol. The molecule has 2 heterocycles. The lowest BCUT2D eigenvalue weighted by molar-refractivity contribution is -0.374. The number of Topliss-reactive ketones (excluding diaryl/α,β-unsaturated/α-hetero) is 2. The molecule has 2 aromatic carbocycles. The number of rotatable bonds is 12. The summed E-state index contributed by atoms with van der Waals surface area (Å²) in [5.74, 6) is -0.226. The van der Waals surface area contributed by atoms with Crippen LogP contribution in [0.1, 0.15) is 92.2 Å². The topological polar surface area (TPSA) is 183 Å². The van der Waals surface area contributed by atoms with Crippen molar-refractivity contribution in [3.8, 4) is 0 Å². The fourth-order valence-corrected chi connectivity index (χ4v) is 5.10. The Morgan fingerprint density at radius 1 is 0.510 bits per heavy atom. The van der Waals surface area contributed by atoms with Gasteiger partial charge in [-0.25, -0.2) is 0 Å². The molecule has 2 aliphatic heterocycles. The molecule has 0 aromatic heterocycles. The molecule has 0 amide bonds. The Morgan fingerprint density at radius 3 is 1.12 bits per heavy atom. The predicted octanol–water partition coefficient (Wildman–Crippen LogP) is 3.91. The summed E-state index contributed by atoms with van der Waals surface area (Å²) in [6, 6.07) is 18.2. The molecule has 6 N–H and O–H groups in total.